The van der Waals surface area contributed by atoms with Crippen LogP contribution >= 0.6 is 0 Å². The van der Waals surface area contributed by atoms with Crippen molar-refractivity contribution in [3.05, 3.63) is 24.1 Å². The highest BCUT2D eigenvalue weighted by atomic mass is 16.5. The molecular formula is C14H16N2O5. The molecule has 0 fully saturated rings. The topological polar surface area (TPSA) is 94.7 Å². The van der Waals surface area contributed by atoms with Gasteiger partial charge in [0.1, 0.15) is 0 Å². The number of methoxy groups -OCH3 is 2. The van der Waals surface area contributed by atoms with Gasteiger partial charge >= 0.3 is 5.97 Å². The lowest BCUT2D eigenvalue weighted by Crippen LogP contribution is -1.95. The van der Waals surface area contributed by atoms with Gasteiger partial charge in [0.15, 0.2) is 11.5 Å². The lowest BCUT2D eigenvalue weighted by atomic mass is 10.2. The molecule has 1 aromatic carbocycles. The predicted octanol–water partition coefficient (Wildman–Crippen LogP) is 2.16. The third-order valence-electron chi connectivity index (χ3n) is 2.88. The summed E-state index contributed by atoms with van der Waals surface area (Å²) in [6.07, 6.45) is 0.976. The van der Waals surface area contributed by atoms with Gasteiger partial charge in [-0.3, -0.25) is 4.79 Å². The van der Waals surface area contributed by atoms with Crippen molar-refractivity contribution in [1.29, 1.82) is 0 Å². The summed E-state index contributed by atoms with van der Waals surface area (Å²) < 4.78 is 15.9. The standard InChI is InChI=1S/C14H16N2O5/c1-19-10-7-6-9(8-11(10)20-2)14-16-15-12(21-14)4-3-5-13(17)18/h6-8H,3-5H2,1-2H3,(H,17,18). The number of carbonyl (C=O) groups is 1. The van der Waals surface area contributed by atoms with E-state index in [2.05, 4.69) is 10.2 Å². The molecule has 7 heteroatoms. The van der Waals surface area contributed by atoms with Crippen molar-refractivity contribution in [1.82, 2.24) is 10.2 Å². The fourth-order valence-corrected chi connectivity index (χ4v) is 1.83. The van der Waals surface area contributed by atoms with Crippen molar-refractivity contribution in [2.75, 3.05) is 14.2 Å². The third kappa shape index (κ3) is 3.71. The second-order valence-electron chi connectivity index (χ2n) is 4.32. The van der Waals surface area contributed by atoms with Gasteiger partial charge in [0, 0.05) is 18.4 Å². The number of aliphatic carboxylic acids is 1. The molecule has 21 heavy (non-hydrogen) atoms. The summed E-state index contributed by atoms with van der Waals surface area (Å²) in [5.41, 5.74) is 0.713. The Morgan fingerprint density at radius 2 is 2.00 bits per heavy atom. The summed E-state index contributed by atoms with van der Waals surface area (Å²) in [6, 6.07) is 5.28. The number of benzene rings is 1. The molecule has 1 heterocycles. The first-order chi connectivity index (χ1) is 10.1. The Balaban J connectivity index is 2.12. The first-order valence-corrected chi connectivity index (χ1v) is 6.40. The Labute approximate surface area is 121 Å². The smallest absolute Gasteiger partial charge is 0.303 e. The Kier molecular flexibility index (Phi) is 4.76. The fraction of sp³-hybridized carbons (Fsp3) is 0.357. The number of hydrogen-bond acceptors (Lipinski definition) is 6. The maximum atomic E-state index is 10.5. The molecule has 0 aliphatic carbocycles. The van der Waals surface area contributed by atoms with Crippen molar-refractivity contribution >= 4 is 5.97 Å². The van der Waals surface area contributed by atoms with E-state index < -0.39 is 5.97 Å². The molecule has 112 valence electrons. The maximum absolute atomic E-state index is 10.5. The molecule has 0 atom stereocenters. The molecule has 2 rings (SSSR count). The van der Waals surface area contributed by atoms with Gasteiger partial charge in [-0.05, 0) is 24.6 Å². The summed E-state index contributed by atoms with van der Waals surface area (Å²) in [7, 11) is 3.11. The number of carboxylic acids is 1. The lowest BCUT2D eigenvalue weighted by Gasteiger charge is -2.07. The zero-order chi connectivity index (χ0) is 15.2. The van der Waals surface area contributed by atoms with E-state index >= 15 is 0 Å². The number of aryl methyl sites for hydroxylation is 1. The second-order valence-corrected chi connectivity index (χ2v) is 4.32. The van der Waals surface area contributed by atoms with E-state index in [-0.39, 0.29) is 6.42 Å². The minimum atomic E-state index is -0.838. The van der Waals surface area contributed by atoms with Gasteiger partial charge in [0.05, 0.1) is 14.2 Å². The van der Waals surface area contributed by atoms with Crippen LogP contribution in [0.2, 0.25) is 0 Å². The van der Waals surface area contributed by atoms with Crippen molar-refractivity contribution in [2.24, 2.45) is 0 Å². The summed E-state index contributed by atoms with van der Waals surface area (Å²) in [4.78, 5) is 10.5. The van der Waals surface area contributed by atoms with Crippen LogP contribution in [0, 0.1) is 0 Å². The highest BCUT2D eigenvalue weighted by molar-refractivity contribution is 5.66. The summed E-state index contributed by atoms with van der Waals surface area (Å²) in [5.74, 6) is 1.13. The first-order valence-electron chi connectivity index (χ1n) is 6.40. The molecule has 1 N–H and O–H groups in total. The molecule has 0 amide bonds. The SMILES string of the molecule is COc1ccc(-c2nnc(CCCC(=O)O)o2)cc1OC. The average molecular weight is 292 g/mol. The molecule has 0 unspecified atom stereocenters. The minimum absolute atomic E-state index is 0.0775. The van der Waals surface area contributed by atoms with Gasteiger partial charge in [-0.2, -0.15) is 0 Å². The van der Waals surface area contributed by atoms with Crippen LogP contribution in [0.1, 0.15) is 18.7 Å². The quantitative estimate of drug-likeness (QED) is 0.835. The predicted molar refractivity (Wildman–Crippen MR) is 73.4 cm³/mol. The molecule has 0 aliphatic rings. The van der Waals surface area contributed by atoms with Crippen molar-refractivity contribution in [3.8, 4) is 23.0 Å². The molecule has 0 bridgehead atoms. The molecule has 0 spiro atoms. The van der Waals surface area contributed by atoms with E-state index in [1.54, 1.807) is 32.4 Å². The highest BCUT2D eigenvalue weighted by Crippen LogP contribution is 2.31. The average Bonchev–Trinajstić information content (AvgIpc) is 2.95. The van der Waals surface area contributed by atoms with E-state index in [0.717, 1.165) is 0 Å². The van der Waals surface area contributed by atoms with Gasteiger partial charge in [-0.15, -0.1) is 10.2 Å². The fourth-order valence-electron chi connectivity index (χ4n) is 1.83. The number of aromatic nitrogens is 2. The van der Waals surface area contributed by atoms with Crippen LogP contribution in [0.25, 0.3) is 11.5 Å². The maximum Gasteiger partial charge on any atom is 0.303 e. The molecule has 0 radical (unpaired) electrons. The van der Waals surface area contributed by atoms with Crippen molar-refractivity contribution in [2.45, 2.75) is 19.3 Å². The van der Waals surface area contributed by atoms with Crippen LogP contribution in [0.5, 0.6) is 11.5 Å². The van der Waals surface area contributed by atoms with Gasteiger partial charge < -0.3 is 19.0 Å². The van der Waals surface area contributed by atoms with Crippen LogP contribution in [0.15, 0.2) is 22.6 Å². The molecule has 0 saturated carbocycles. The van der Waals surface area contributed by atoms with E-state index in [0.29, 0.717) is 41.7 Å². The normalized spacial score (nSPS) is 10.4. The molecule has 0 aliphatic heterocycles. The summed E-state index contributed by atoms with van der Waals surface area (Å²) in [6.45, 7) is 0. The zero-order valence-electron chi connectivity index (χ0n) is 11.8. The lowest BCUT2D eigenvalue weighted by molar-refractivity contribution is -0.137. The van der Waals surface area contributed by atoms with Gasteiger partial charge in [0.25, 0.3) is 0 Å². The molecule has 0 saturated heterocycles. The van der Waals surface area contributed by atoms with Crippen LogP contribution < -0.4 is 9.47 Å². The third-order valence-corrected chi connectivity index (χ3v) is 2.88. The Morgan fingerprint density at radius 1 is 1.24 bits per heavy atom. The number of carboxylic acid groups (broad SMARTS) is 1. The number of ether oxygens (including phenoxy) is 2. The first kappa shape index (κ1) is 14.8. The van der Waals surface area contributed by atoms with E-state index in [4.69, 9.17) is 19.0 Å². The highest BCUT2D eigenvalue weighted by Gasteiger charge is 2.12. The van der Waals surface area contributed by atoms with Crippen molar-refractivity contribution in [3.63, 3.8) is 0 Å². The number of hydrogen-bond donors (Lipinski definition) is 1. The van der Waals surface area contributed by atoms with Crippen LogP contribution in [-0.4, -0.2) is 35.5 Å². The molecule has 2 aromatic rings. The molecule has 1 aromatic heterocycles. The largest absolute Gasteiger partial charge is 0.493 e. The van der Waals surface area contributed by atoms with Crippen molar-refractivity contribution < 1.29 is 23.8 Å². The monoisotopic (exact) mass is 292 g/mol. The van der Waals surface area contributed by atoms with Crippen LogP contribution in [0.4, 0.5) is 0 Å². The van der Waals surface area contributed by atoms with E-state index in [1.165, 1.54) is 0 Å². The van der Waals surface area contributed by atoms with Gasteiger partial charge in [-0.1, -0.05) is 0 Å². The summed E-state index contributed by atoms with van der Waals surface area (Å²) >= 11 is 0. The van der Waals surface area contributed by atoms with E-state index in [1.807, 2.05) is 0 Å². The number of rotatable bonds is 7. The summed E-state index contributed by atoms with van der Waals surface area (Å²) in [5, 5.41) is 16.4. The zero-order valence-corrected chi connectivity index (χ0v) is 11.8. The van der Waals surface area contributed by atoms with Crippen LogP contribution in [0.3, 0.4) is 0 Å². The van der Waals surface area contributed by atoms with Gasteiger partial charge in [-0.25, -0.2) is 0 Å². The second kappa shape index (κ2) is 6.74. The minimum Gasteiger partial charge on any atom is -0.493 e. The molecular weight excluding hydrogens is 276 g/mol. The Morgan fingerprint density at radius 3 is 2.67 bits per heavy atom. The Bertz CT molecular complexity index is 624. The van der Waals surface area contributed by atoms with Crippen LogP contribution in [-0.2, 0) is 11.2 Å². The van der Waals surface area contributed by atoms with Gasteiger partial charge in [0.2, 0.25) is 11.8 Å². The van der Waals surface area contributed by atoms with E-state index in [9.17, 15) is 4.79 Å². The Hall–Kier alpha value is -2.57. The number of nitrogens with zero attached hydrogens (tertiary/aromatic N) is 2. The molecule has 7 nitrogen and oxygen atoms in total.